The Kier molecular flexibility index (Phi) is 5.96. The summed E-state index contributed by atoms with van der Waals surface area (Å²) < 4.78 is 12.5. The molecule has 150 valence electrons. The van der Waals surface area contributed by atoms with Gasteiger partial charge in [-0.2, -0.15) is 0 Å². The fourth-order valence-electron chi connectivity index (χ4n) is 5.65. The molecule has 0 aromatic heterocycles. The van der Waals surface area contributed by atoms with E-state index in [2.05, 4.69) is 44.0 Å². The monoisotopic (exact) mass is 371 g/mol. The molecule has 2 heterocycles. The van der Waals surface area contributed by atoms with Gasteiger partial charge >= 0.3 is 0 Å². The number of hydrogen-bond donors (Lipinski definition) is 0. The molecule has 0 bridgehead atoms. The van der Waals surface area contributed by atoms with Gasteiger partial charge < -0.3 is 14.4 Å². The summed E-state index contributed by atoms with van der Waals surface area (Å²) in [6, 6.07) is 7.35. The van der Waals surface area contributed by atoms with Crippen molar-refractivity contribution in [3.63, 3.8) is 0 Å². The maximum Gasteiger partial charge on any atom is 0.119 e. The van der Waals surface area contributed by atoms with Crippen LogP contribution in [0.1, 0.15) is 76.9 Å². The molecule has 1 saturated carbocycles. The Balaban J connectivity index is 1.60. The SMILES string of the molecule is CC(C)CCOc1ccc2c(c1)[C@H]1OCCC[C@H]1[C@@H](C1CCCCC1)N2C. The Morgan fingerprint density at radius 2 is 1.93 bits per heavy atom. The summed E-state index contributed by atoms with van der Waals surface area (Å²) in [5, 5.41) is 0. The minimum atomic E-state index is 0.255. The molecule has 0 N–H and O–H groups in total. The molecule has 3 nitrogen and oxygen atoms in total. The number of ether oxygens (including phenoxy) is 2. The molecular formula is C24H37NO2. The van der Waals surface area contributed by atoms with Crippen LogP contribution in [0, 0.1) is 17.8 Å². The van der Waals surface area contributed by atoms with Crippen molar-refractivity contribution >= 4 is 5.69 Å². The summed E-state index contributed by atoms with van der Waals surface area (Å²) >= 11 is 0. The molecule has 0 amide bonds. The van der Waals surface area contributed by atoms with Crippen molar-refractivity contribution in [2.24, 2.45) is 17.8 Å². The molecule has 3 aliphatic rings. The van der Waals surface area contributed by atoms with Crippen LogP contribution < -0.4 is 9.64 Å². The van der Waals surface area contributed by atoms with Crippen molar-refractivity contribution in [3.05, 3.63) is 23.8 Å². The molecule has 0 spiro atoms. The number of fused-ring (bicyclic) bond motifs is 3. The van der Waals surface area contributed by atoms with Gasteiger partial charge in [0.2, 0.25) is 0 Å². The molecule has 4 rings (SSSR count). The molecule has 1 aromatic carbocycles. The third-order valence-electron chi connectivity index (χ3n) is 7.04. The second-order valence-corrected chi connectivity index (χ2v) is 9.35. The van der Waals surface area contributed by atoms with Crippen LogP contribution in [0.2, 0.25) is 0 Å². The van der Waals surface area contributed by atoms with E-state index in [1.54, 1.807) is 0 Å². The zero-order valence-corrected chi connectivity index (χ0v) is 17.5. The van der Waals surface area contributed by atoms with E-state index >= 15 is 0 Å². The summed E-state index contributed by atoms with van der Waals surface area (Å²) in [6.07, 6.45) is 10.9. The van der Waals surface area contributed by atoms with Gasteiger partial charge in [0, 0.05) is 36.9 Å². The molecule has 2 aliphatic heterocycles. The molecule has 0 unspecified atom stereocenters. The highest BCUT2D eigenvalue weighted by molar-refractivity contribution is 5.60. The summed E-state index contributed by atoms with van der Waals surface area (Å²) in [7, 11) is 2.32. The highest BCUT2D eigenvalue weighted by atomic mass is 16.5. The normalized spacial score (nSPS) is 28.7. The van der Waals surface area contributed by atoms with Gasteiger partial charge in [-0.25, -0.2) is 0 Å². The fourth-order valence-corrected chi connectivity index (χ4v) is 5.65. The van der Waals surface area contributed by atoms with Crippen molar-refractivity contribution in [3.8, 4) is 5.75 Å². The van der Waals surface area contributed by atoms with Crippen molar-refractivity contribution in [1.82, 2.24) is 0 Å². The van der Waals surface area contributed by atoms with Gasteiger partial charge in [-0.05, 0) is 62.1 Å². The smallest absolute Gasteiger partial charge is 0.119 e. The van der Waals surface area contributed by atoms with Crippen LogP contribution in [0.15, 0.2) is 18.2 Å². The van der Waals surface area contributed by atoms with Gasteiger partial charge in [0.15, 0.2) is 0 Å². The van der Waals surface area contributed by atoms with E-state index in [0.717, 1.165) is 31.3 Å². The predicted octanol–water partition coefficient (Wildman–Crippen LogP) is 5.98. The van der Waals surface area contributed by atoms with Crippen LogP contribution in [-0.4, -0.2) is 26.3 Å². The maximum absolute atomic E-state index is 6.39. The van der Waals surface area contributed by atoms with Crippen LogP contribution >= 0.6 is 0 Å². The lowest BCUT2D eigenvalue weighted by molar-refractivity contribution is -0.0507. The first-order valence-electron chi connectivity index (χ1n) is 11.3. The Morgan fingerprint density at radius 3 is 2.70 bits per heavy atom. The minimum absolute atomic E-state index is 0.255. The van der Waals surface area contributed by atoms with Crippen molar-refractivity contribution in [2.45, 2.75) is 77.4 Å². The third kappa shape index (κ3) is 3.99. The standard InChI is InChI=1S/C24H37NO2/c1-17(2)13-15-26-19-11-12-22-21(16-19)24-20(10-7-14-27-24)23(25(22)3)18-8-5-4-6-9-18/h11-12,16-18,20,23-24H,4-10,13-15H2,1-3H3/t20-,23+,24-/m0/s1. The second kappa shape index (κ2) is 8.43. The van der Waals surface area contributed by atoms with Gasteiger partial charge in [0.25, 0.3) is 0 Å². The van der Waals surface area contributed by atoms with E-state index in [0.29, 0.717) is 17.9 Å². The van der Waals surface area contributed by atoms with Crippen LogP contribution in [0.3, 0.4) is 0 Å². The summed E-state index contributed by atoms with van der Waals surface area (Å²) in [5.41, 5.74) is 2.72. The lowest BCUT2D eigenvalue weighted by Gasteiger charge is -2.51. The predicted molar refractivity (Wildman–Crippen MR) is 112 cm³/mol. The molecule has 1 aliphatic carbocycles. The highest BCUT2D eigenvalue weighted by Crippen LogP contribution is 2.50. The van der Waals surface area contributed by atoms with Crippen molar-refractivity contribution in [2.75, 3.05) is 25.2 Å². The summed E-state index contributed by atoms with van der Waals surface area (Å²) in [5.74, 6) is 3.14. The molecule has 0 radical (unpaired) electrons. The van der Waals surface area contributed by atoms with Crippen LogP contribution in [0.4, 0.5) is 5.69 Å². The largest absolute Gasteiger partial charge is 0.494 e. The average molecular weight is 372 g/mol. The van der Waals surface area contributed by atoms with Crippen molar-refractivity contribution < 1.29 is 9.47 Å². The zero-order chi connectivity index (χ0) is 18.8. The zero-order valence-electron chi connectivity index (χ0n) is 17.5. The van der Waals surface area contributed by atoms with E-state index < -0.39 is 0 Å². The molecular weight excluding hydrogens is 334 g/mol. The molecule has 1 saturated heterocycles. The van der Waals surface area contributed by atoms with Gasteiger partial charge in [-0.15, -0.1) is 0 Å². The summed E-state index contributed by atoms with van der Waals surface area (Å²) in [4.78, 5) is 2.60. The van der Waals surface area contributed by atoms with Gasteiger partial charge in [-0.3, -0.25) is 0 Å². The molecule has 2 fully saturated rings. The number of benzene rings is 1. The number of anilines is 1. The van der Waals surface area contributed by atoms with Crippen LogP contribution in [-0.2, 0) is 4.74 Å². The number of nitrogens with zero attached hydrogens (tertiary/aromatic N) is 1. The Labute approximate surface area is 165 Å². The molecule has 27 heavy (non-hydrogen) atoms. The van der Waals surface area contributed by atoms with Crippen LogP contribution in [0.5, 0.6) is 5.75 Å². The average Bonchev–Trinajstić information content (AvgIpc) is 2.69. The fraction of sp³-hybridized carbons (Fsp3) is 0.750. The highest BCUT2D eigenvalue weighted by Gasteiger charge is 2.45. The van der Waals surface area contributed by atoms with Crippen LogP contribution in [0.25, 0.3) is 0 Å². The van der Waals surface area contributed by atoms with E-state index in [1.165, 1.54) is 56.2 Å². The lowest BCUT2D eigenvalue weighted by atomic mass is 9.70. The Bertz CT molecular complexity index is 623. The van der Waals surface area contributed by atoms with Gasteiger partial charge in [0.1, 0.15) is 5.75 Å². The van der Waals surface area contributed by atoms with E-state index in [4.69, 9.17) is 9.47 Å². The van der Waals surface area contributed by atoms with E-state index in [-0.39, 0.29) is 6.10 Å². The van der Waals surface area contributed by atoms with E-state index in [1.807, 2.05) is 0 Å². The van der Waals surface area contributed by atoms with Gasteiger partial charge in [0.05, 0.1) is 12.7 Å². The minimum Gasteiger partial charge on any atom is -0.494 e. The van der Waals surface area contributed by atoms with Gasteiger partial charge in [-0.1, -0.05) is 33.1 Å². The van der Waals surface area contributed by atoms with Crippen molar-refractivity contribution in [1.29, 1.82) is 0 Å². The third-order valence-corrected chi connectivity index (χ3v) is 7.04. The first kappa shape index (κ1) is 19.1. The molecule has 1 aromatic rings. The Morgan fingerprint density at radius 1 is 1.11 bits per heavy atom. The molecule has 3 heteroatoms. The topological polar surface area (TPSA) is 21.7 Å². The Hall–Kier alpha value is -1.22. The number of rotatable bonds is 5. The quantitative estimate of drug-likeness (QED) is 0.636. The summed E-state index contributed by atoms with van der Waals surface area (Å²) in [6.45, 7) is 6.19. The first-order chi connectivity index (χ1) is 13.1. The maximum atomic E-state index is 6.39. The lowest BCUT2D eigenvalue weighted by Crippen LogP contribution is -2.51. The molecule has 3 atom stereocenters. The first-order valence-corrected chi connectivity index (χ1v) is 11.3. The van der Waals surface area contributed by atoms with E-state index in [9.17, 15) is 0 Å². The number of hydrogen-bond acceptors (Lipinski definition) is 3. The second-order valence-electron chi connectivity index (χ2n) is 9.35.